The van der Waals surface area contributed by atoms with E-state index in [1.807, 2.05) is 0 Å². The van der Waals surface area contributed by atoms with Crippen molar-refractivity contribution < 1.29 is 18.0 Å². The molecule has 0 radical (unpaired) electrons. The molecule has 5 heteroatoms. The second-order valence-corrected chi connectivity index (χ2v) is 3.08. The molecular weight excluding hydrogens is 249 g/mol. The summed E-state index contributed by atoms with van der Waals surface area (Å²) in [6, 6.07) is 1.78. The van der Waals surface area contributed by atoms with Gasteiger partial charge in [0.2, 0.25) is 0 Å². The molecule has 0 heterocycles. The molecule has 1 aromatic rings. The predicted octanol–water partition coefficient (Wildman–Crippen LogP) is 3.34. The summed E-state index contributed by atoms with van der Waals surface area (Å²) in [6.07, 6.45) is -2.53. The quantitative estimate of drug-likeness (QED) is 0.738. The van der Waals surface area contributed by atoms with Crippen molar-refractivity contribution in [2.75, 3.05) is 0 Å². The Morgan fingerprint density at radius 1 is 1.38 bits per heavy atom. The van der Waals surface area contributed by atoms with Crippen LogP contribution < -0.4 is 0 Å². The fourth-order valence-electron chi connectivity index (χ4n) is 0.863. The minimum atomic E-state index is -2.73. The summed E-state index contributed by atoms with van der Waals surface area (Å²) >= 11 is 2.74. The minimum absolute atomic E-state index is 0.183. The van der Waals surface area contributed by atoms with Crippen LogP contribution in [0.3, 0.4) is 0 Å². The molecule has 0 bridgehead atoms. The first-order valence-electron chi connectivity index (χ1n) is 3.29. The number of alkyl halides is 2. The summed E-state index contributed by atoms with van der Waals surface area (Å²) in [6.45, 7) is 0. The fourth-order valence-corrected chi connectivity index (χ4v) is 1.45. The Hall–Kier alpha value is -0.840. The van der Waals surface area contributed by atoms with Crippen LogP contribution in [0.1, 0.15) is 22.3 Å². The van der Waals surface area contributed by atoms with Crippen LogP contribution in [-0.4, -0.2) is 6.29 Å². The Labute approximate surface area is 80.7 Å². The summed E-state index contributed by atoms with van der Waals surface area (Å²) in [5.74, 6) is -0.814. The van der Waals surface area contributed by atoms with Crippen molar-refractivity contribution in [1.29, 1.82) is 0 Å². The summed E-state index contributed by atoms with van der Waals surface area (Å²) in [4.78, 5) is 10.3. The van der Waals surface area contributed by atoms with Gasteiger partial charge in [-0.15, -0.1) is 0 Å². The first-order chi connectivity index (χ1) is 6.07. The van der Waals surface area contributed by atoms with Crippen molar-refractivity contribution in [3.63, 3.8) is 0 Å². The zero-order chi connectivity index (χ0) is 10.0. The van der Waals surface area contributed by atoms with Gasteiger partial charge in [-0.3, -0.25) is 4.79 Å². The number of aldehydes is 1. The molecule has 1 nitrogen and oxygen atoms in total. The maximum atomic E-state index is 12.8. The zero-order valence-electron chi connectivity index (χ0n) is 6.23. The molecule has 13 heavy (non-hydrogen) atoms. The maximum absolute atomic E-state index is 12.8. The number of carbonyl (C=O) groups excluding carboxylic acids is 1. The van der Waals surface area contributed by atoms with Crippen molar-refractivity contribution in [2.45, 2.75) is 6.43 Å². The number of hydrogen-bond donors (Lipinski definition) is 0. The first-order valence-corrected chi connectivity index (χ1v) is 4.08. The van der Waals surface area contributed by atoms with Crippen molar-refractivity contribution in [3.8, 4) is 0 Å². The highest BCUT2D eigenvalue weighted by Gasteiger charge is 2.16. The molecule has 0 aliphatic rings. The molecule has 1 aromatic carbocycles. The molecule has 1 rings (SSSR count). The molecule has 0 amide bonds. The van der Waals surface area contributed by atoms with E-state index in [0.717, 1.165) is 12.1 Å². The molecule has 0 N–H and O–H groups in total. The van der Waals surface area contributed by atoms with Crippen LogP contribution in [0.15, 0.2) is 16.6 Å². The van der Waals surface area contributed by atoms with Crippen LogP contribution in [0.2, 0.25) is 0 Å². The summed E-state index contributed by atoms with van der Waals surface area (Å²) in [5, 5.41) is 0. The Morgan fingerprint density at radius 2 is 2.00 bits per heavy atom. The molecule has 0 aromatic heterocycles. The van der Waals surface area contributed by atoms with Gasteiger partial charge in [0.1, 0.15) is 5.82 Å². The van der Waals surface area contributed by atoms with Crippen LogP contribution in [0.5, 0.6) is 0 Å². The average Bonchev–Trinajstić information content (AvgIpc) is 2.04. The first kappa shape index (κ1) is 10.2. The van der Waals surface area contributed by atoms with Gasteiger partial charge in [0.15, 0.2) is 6.29 Å². The highest BCUT2D eigenvalue weighted by molar-refractivity contribution is 9.10. The number of rotatable bonds is 2. The molecule has 0 aliphatic heterocycles. The standard InChI is InChI=1S/C8H4BrF3O/c9-7-4(8(11)12)1-2-6(10)5(7)3-13/h1-3,8H. The van der Waals surface area contributed by atoms with Crippen LogP contribution in [0, 0.1) is 5.82 Å². The van der Waals surface area contributed by atoms with Gasteiger partial charge in [-0.25, -0.2) is 13.2 Å². The third-order valence-electron chi connectivity index (χ3n) is 1.51. The molecule has 70 valence electrons. The van der Waals surface area contributed by atoms with E-state index in [1.165, 1.54) is 0 Å². The molecule has 0 saturated heterocycles. The predicted molar refractivity (Wildman–Crippen MR) is 44.4 cm³/mol. The largest absolute Gasteiger partial charge is 0.298 e. The molecule has 0 spiro atoms. The number of hydrogen-bond acceptors (Lipinski definition) is 1. The van der Waals surface area contributed by atoms with Gasteiger partial charge in [0.25, 0.3) is 6.43 Å². The summed E-state index contributed by atoms with van der Waals surface area (Å²) in [5.41, 5.74) is -0.763. The van der Waals surface area contributed by atoms with Crippen LogP contribution >= 0.6 is 15.9 Å². The zero-order valence-corrected chi connectivity index (χ0v) is 7.82. The van der Waals surface area contributed by atoms with Gasteiger partial charge in [-0.1, -0.05) is 0 Å². The maximum Gasteiger partial charge on any atom is 0.264 e. The van der Waals surface area contributed by atoms with Crippen LogP contribution in [-0.2, 0) is 0 Å². The monoisotopic (exact) mass is 252 g/mol. The van der Waals surface area contributed by atoms with E-state index in [1.54, 1.807) is 0 Å². The van der Waals surface area contributed by atoms with E-state index in [0.29, 0.717) is 0 Å². The number of carbonyl (C=O) groups is 1. The Kier molecular flexibility index (Phi) is 3.08. The molecule has 0 saturated carbocycles. The topological polar surface area (TPSA) is 17.1 Å². The summed E-state index contributed by atoms with van der Waals surface area (Å²) in [7, 11) is 0. The lowest BCUT2D eigenvalue weighted by Crippen LogP contribution is -1.95. The molecule has 0 aliphatic carbocycles. The normalized spacial score (nSPS) is 10.5. The molecule has 0 unspecified atom stereocenters. The van der Waals surface area contributed by atoms with E-state index in [2.05, 4.69) is 15.9 Å². The molecular formula is C8H4BrF3O. The Morgan fingerprint density at radius 3 is 2.46 bits per heavy atom. The van der Waals surface area contributed by atoms with Gasteiger partial charge < -0.3 is 0 Å². The van der Waals surface area contributed by atoms with E-state index in [4.69, 9.17) is 0 Å². The van der Waals surface area contributed by atoms with Gasteiger partial charge >= 0.3 is 0 Å². The fraction of sp³-hybridized carbons (Fsp3) is 0.125. The lowest BCUT2D eigenvalue weighted by Gasteiger charge is -2.05. The van der Waals surface area contributed by atoms with Crippen LogP contribution in [0.4, 0.5) is 13.2 Å². The second kappa shape index (κ2) is 3.91. The Bertz CT molecular complexity index is 338. The smallest absolute Gasteiger partial charge is 0.264 e. The highest BCUT2D eigenvalue weighted by atomic mass is 79.9. The lowest BCUT2D eigenvalue weighted by molar-refractivity contribution is 0.111. The van der Waals surface area contributed by atoms with Crippen molar-refractivity contribution >= 4 is 22.2 Å². The van der Waals surface area contributed by atoms with Gasteiger partial charge in [-0.2, -0.15) is 0 Å². The Balaban J connectivity index is 3.35. The van der Waals surface area contributed by atoms with E-state index in [9.17, 15) is 18.0 Å². The lowest BCUT2D eigenvalue weighted by atomic mass is 10.1. The second-order valence-electron chi connectivity index (χ2n) is 2.28. The third-order valence-corrected chi connectivity index (χ3v) is 2.39. The third kappa shape index (κ3) is 1.91. The molecule has 0 atom stereocenters. The van der Waals surface area contributed by atoms with Crippen molar-refractivity contribution in [1.82, 2.24) is 0 Å². The van der Waals surface area contributed by atoms with Crippen molar-refractivity contribution in [2.24, 2.45) is 0 Å². The van der Waals surface area contributed by atoms with E-state index in [-0.39, 0.29) is 21.9 Å². The highest BCUT2D eigenvalue weighted by Crippen LogP contribution is 2.30. The average molecular weight is 253 g/mol. The molecule has 0 fully saturated rings. The van der Waals surface area contributed by atoms with Gasteiger partial charge in [0, 0.05) is 10.0 Å². The van der Waals surface area contributed by atoms with Crippen LogP contribution in [0.25, 0.3) is 0 Å². The minimum Gasteiger partial charge on any atom is -0.298 e. The van der Waals surface area contributed by atoms with Gasteiger partial charge in [0.05, 0.1) is 5.56 Å². The number of halogens is 4. The number of benzene rings is 1. The van der Waals surface area contributed by atoms with Crippen molar-refractivity contribution in [3.05, 3.63) is 33.5 Å². The van der Waals surface area contributed by atoms with Gasteiger partial charge in [-0.05, 0) is 28.1 Å². The van der Waals surface area contributed by atoms with E-state index >= 15 is 0 Å². The SMILES string of the molecule is O=Cc1c(F)ccc(C(F)F)c1Br. The summed E-state index contributed by atoms with van der Waals surface area (Å²) < 4.78 is 37.0. The van der Waals surface area contributed by atoms with E-state index < -0.39 is 12.2 Å².